The van der Waals surface area contributed by atoms with E-state index in [9.17, 15) is 0 Å². The quantitative estimate of drug-likeness (QED) is 0.561. The molecule has 0 heteroatoms. The summed E-state index contributed by atoms with van der Waals surface area (Å²) in [6.45, 7) is 13.3. The van der Waals surface area contributed by atoms with Crippen LogP contribution in [0, 0.1) is 6.92 Å². The summed E-state index contributed by atoms with van der Waals surface area (Å²) in [6.07, 6.45) is 2.66. The molecule has 0 aromatic heterocycles. The first-order chi connectivity index (χ1) is 7.50. The largest absolute Gasteiger partial charge is 0.0683 e. The first-order valence-corrected chi connectivity index (χ1v) is 6.62. The molecular formula is C16H26. The summed E-state index contributed by atoms with van der Waals surface area (Å²) in [5, 5.41) is 0. The van der Waals surface area contributed by atoms with E-state index in [1.807, 2.05) is 13.8 Å². The average Bonchev–Trinajstić information content (AvgIpc) is 2.27. The van der Waals surface area contributed by atoms with Crippen LogP contribution in [0.2, 0.25) is 0 Å². The van der Waals surface area contributed by atoms with Gasteiger partial charge < -0.3 is 0 Å². The molecule has 90 valence electrons. The molecule has 1 unspecified atom stereocenters. The minimum absolute atomic E-state index is 0.383. The summed E-state index contributed by atoms with van der Waals surface area (Å²) in [6, 6.07) is 6.96. The minimum atomic E-state index is 0.383. The molecule has 0 fully saturated rings. The van der Waals surface area contributed by atoms with E-state index < -0.39 is 0 Å². The Morgan fingerprint density at radius 3 is 2.44 bits per heavy atom. The Hall–Kier alpha value is -0.780. The highest BCUT2D eigenvalue weighted by molar-refractivity contribution is 5.40. The van der Waals surface area contributed by atoms with Crippen molar-refractivity contribution in [2.45, 2.75) is 65.7 Å². The number of aryl methyl sites for hydroxylation is 1. The molecule has 0 spiro atoms. The zero-order valence-electron chi connectivity index (χ0n) is 11.7. The fourth-order valence-electron chi connectivity index (χ4n) is 2.55. The summed E-state index contributed by atoms with van der Waals surface area (Å²) < 4.78 is 0. The Morgan fingerprint density at radius 2 is 1.81 bits per heavy atom. The first kappa shape index (κ1) is 13.3. The lowest BCUT2D eigenvalue weighted by Gasteiger charge is -2.36. The first-order valence-electron chi connectivity index (χ1n) is 6.62. The Morgan fingerprint density at radius 1 is 1.19 bits per heavy atom. The van der Waals surface area contributed by atoms with Gasteiger partial charge in [0.1, 0.15) is 0 Å². The van der Waals surface area contributed by atoms with Gasteiger partial charge in [0.05, 0.1) is 0 Å². The van der Waals surface area contributed by atoms with Gasteiger partial charge in [-0.1, -0.05) is 58.4 Å². The van der Waals surface area contributed by atoms with E-state index in [0.717, 1.165) is 5.92 Å². The van der Waals surface area contributed by atoms with Crippen LogP contribution in [-0.4, -0.2) is 0 Å². The van der Waals surface area contributed by atoms with Crippen LogP contribution >= 0.6 is 0 Å². The Bertz CT molecular complexity index is 347. The van der Waals surface area contributed by atoms with Gasteiger partial charge in [0, 0.05) is 0 Å². The molecule has 0 saturated heterocycles. The Kier molecular flexibility index (Phi) is 4.18. The molecule has 0 N–H and O–H groups in total. The van der Waals surface area contributed by atoms with Gasteiger partial charge in [-0.05, 0) is 42.2 Å². The number of hydrogen-bond donors (Lipinski definition) is 0. The maximum absolute atomic E-state index is 2.38. The van der Waals surface area contributed by atoms with Gasteiger partial charge in [-0.15, -0.1) is 0 Å². The van der Waals surface area contributed by atoms with E-state index in [2.05, 4.69) is 45.9 Å². The zero-order chi connectivity index (χ0) is 12.3. The van der Waals surface area contributed by atoms with Crippen LogP contribution in [0.3, 0.4) is 0 Å². The van der Waals surface area contributed by atoms with Gasteiger partial charge in [0.25, 0.3) is 0 Å². The summed E-state index contributed by atoms with van der Waals surface area (Å²) >= 11 is 0. The Labute approximate surface area is 101 Å². The second-order valence-corrected chi connectivity index (χ2v) is 5.41. The van der Waals surface area contributed by atoms with Gasteiger partial charge in [0.2, 0.25) is 0 Å². The predicted octanol–water partition coefficient (Wildman–Crippen LogP) is 5.20. The van der Waals surface area contributed by atoms with Crippen molar-refractivity contribution < 1.29 is 0 Å². The van der Waals surface area contributed by atoms with Crippen molar-refractivity contribution in [1.82, 2.24) is 0 Å². The lowest BCUT2D eigenvalue weighted by atomic mass is 9.69. The van der Waals surface area contributed by atoms with Crippen LogP contribution in [0.15, 0.2) is 18.2 Å². The molecule has 1 atom stereocenters. The van der Waals surface area contributed by atoms with Gasteiger partial charge in [-0.2, -0.15) is 0 Å². The lowest BCUT2D eigenvalue weighted by Crippen LogP contribution is -2.25. The molecule has 0 radical (unpaired) electrons. The van der Waals surface area contributed by atoms with E-state index >= 15 is 0 Å². The molecule has 0 aliphatic heterocycles. The lowest BCUT2D eigenvalue weighted by molar-refractivity contribution is 0.402. The summed E-state index contributed by atoms with van der Waals surface area (Å²) in [7, 11) is 0. The molecular weight excluding hydrogens is 192 g/mol. The van der Waals surface area contributed by atoms with E-state index in [4.69, 9.17) is 0 Å². The SMILES string of the molecule is CC.Cc1ccc2c(c1)C(C)(C)CCC2C. The highest BCUT2D eigenvalue weighted by Crippen LogP contribution is 2.42. The fourth-order valence-corrected chi connectivity index (χ4v) is 2.55. The van der Waals surface area contributed by atoms with Crippen LogP contribution in [0.5, 0.6) is 0 Å². The average molecular weight is 218 g/mol. The normalized spacial score (nSPS) is 21.8. The van der Waals surface area contributed by atoms with Gasteiger partial charge >= 0.3 is 0 Å². The summed E-state index contributed by atoms with van der Waals surface area (Å²) in [5.74, 6) is 0.749. The van der Waals surface area contributed by atoms with Gasteiger partial charge in [0.15, 0.2) is 0 Å². The van der Waals surface area contributed by atoms with Crippen LogP contribution < -0.4 is 0 Å². The van der Waals surface area contributed by atoms with Gasteiger partial charge in [-0.25, -0.2) is 0 Å². The van der Waals surface area contributed by atoms with E-state index in [-0.39, 0.29) is 0 Å². The molecule has 1 aromatic rings. The minimum Gasteiger partial charge on any atom is -0.0683 e. The highest BCUT2D eigenvalue weighted by Gasteiger charge is 2.30. The number of benzene rings is 1. The molecule has 0 saturated carbocycles. The molecule has 1 aromatic carbocycles. The second-order valence-electron chi connectivity index (χ2n) is 5.41. The topological polar surface area (TPSA) is 0 Å². The molecule has 1 aliphatic carbocycles. The molecule has 1 aliphatic rings. The van der Waals surface area contributed by atoms with Crippen molar-refractivity contribution in [2.24, 2.45) is 0 Å². The maximum Gasteiger partial charge on any atom is -0.0100 e. The van der Waals surface area contributed by atoms with Crippen molar-refractivity contribution in [3.05, 3.63) is 34.9 Å². The summed E-state index contributed by atoms with van der Waals surface area (Å²) in [5.41, 5.74) is 4.93. The molecule has 0 heterocycles. The number of fused-ring (bicyclic) bond motifs is 1. The molecule has 2 rings (SSSR count). The van der Waals surface area contributed by atoms with Crippen molar-refractivity contribution in [3.63, 3.8) is 0 Å². The third-order valence-electron chi connectivity index (χ3n) is 3.67. The smallest absolute Gasteiger partial charge is 0.0100 e. The van der Waals surface area contributed by atoms with E-state index in [1.54, 1.807) is 11.1 Å². The molecule has 0 bridgehead atoms. The highest BCUT2D eigenvalue weighted by atomic mass is 14.3. The van der Waals surface area contributed by atoms with Crippen LogP contribution in [-0.2, 0) is 5.41 Å². The maximum atomic E-state index is 2.38. The fraction of sp³-hybridized carbons (Fsp3) is 0.625. The summed E-state index contributed by atoms with van der Waals surface area (Å²) in [4.78, 5) is 0. The van der Waals surface area contributed by atoms with Crippen molar-refractivity contribution in [3.8, 4) is 0 Å². The third-order valence-corrected chi connectivity index (χ3v) is 3.67. The Balaban J connectivity index is 0.000000606. The standard InChI is InChI=1S/C14H20.C2H6/c1-10-5-6-12-11(2)7-8-14(3,4)13(12)9-10;1-2/h5-6,9,11H,7-8H2,1-4H3;1-2H3. The van der Waals surface area contributed by atoms with Crippen LogP contribution in [0.4, 0.5) is 0 Å². The van der Waals surface area contributed by atoms with Crippen molar-refractivity contribution in [2.75, 3.05) is 0 Å². The molecule has 0 amide bonds. The monoisotopic (exact) mass is 218 g/mol. The van der Waals surface area contributed by atoms with E-state index in [1.165, 1.54) is 18.4 Å². The van der Waals surface area contributed by atoms with Gasteiger partial charge in [-0.3, -0.25) is 0 Å². The van der Waals surface area contributed by atoms with Crippen molar-refractivity contribution >= 4 is 0 Å². The van der Waals surface area contributed by atoms with Crippen molar-refractivity contribution in [1.29, 1.82) is 0 Å². The molecule has 0 nitrogen and oxygen atoms in total. The van der Waals surface area contributed by atoms with Crippen LogP contribution in [0.25, 0.3) is 0 Å². The number of rotatable bonds is 0. The predicted molar refractivity (Wildman–Crippen MR) is 73.2 cm³/mol. The zero-order valence-corrected chi connectivity index (χ0v) is 11.7. The molecule has 16 heavy (non-hydrogen) atoms. The number of hydrogen-bond acceptors (Lipinski definition) is 0. The third kappa shape index (κ3) is 2.48. The second kappa shape index (κ2) is 5.03. The van der Waals surface area contributed by atoms with E-state index in [0.29, 0.717) is 5.41 Å². The van der Waals surface area contributed by atoms with Crippen LogP contribution in [0.1, 0.15) is 70.1 Å².